The zero-order valence-electron chi connectivity index (χ0n) is 18.8. The van der Waals surface area contributed by atoms with E-state index in [0.29, 0.717) is 0 Å². The van der Waals surface area contributed by atoms with Crippen molar-refractivity contribution in [2.45, 2.75) is 44.8 Å². The second-order valence-electron chi connectivity index (χ2n) is 8.49. The Morgan fingerprint density at radius 1 is 1.06 bits per heavy atom. The van der Waals surface area contributed by atoms with Crippen LogP contribution in [-0.2, 0) is 17.8 Å². The largest absolute Gasteiger partial charge is 0.497 e. The van der Waals surface area contributed by atoms with Crippen molar-refractivity contribution in [3.05, 3.63) is 53.1 Å². The van der Waals surface area contributed by atoms with E-state index in [1.807, 2.05) is 12.1 Å². The van der Waals surface area contributed by atoms with Gasteiger partial charge in [0.25, 0.3) is 0 Å². The summed E-state index contributed by atoms with van der Waals surface area (Å²) in [5.74, 6) is 2.68. The minimum atomic E-state index is -0.0245. The van der Waals surface area contributed by atoms with Gasteiger partial charge in [-0.2, -0.15) is 0 Å². The van der Waals surface area contributed by atoms with Crippen LogP contribution in [0.3, 0.4) is 0 Å². The molecule has 1 fully saturated rings. The third kappa shape index (κ3) is 4.64. The normalized spacial score (nSPS) is 19.3. The average molecular weight is 425 g/mol. The number of methoxy groups -OCH3 is 3. The monoisotopic (exact) mass is 424 g/mol. The summed E-state index contributed by atoms with van der Waals surface area (Å²) in [4.78, 5) is 15.0. The quantitative estimate of drug-likeness (QED) is 0.700. The van der Waals surface area contributed by atoms with E-state index in [-0.39, 0.29) is 23.9 Å². The average Bonchev–Trinajstić information content (AvgIpc) is 3.64. The minimum absolute atomic E-state index is 0.0245. The molecule has 2 aromatic carbocycles. The van der Waals surface area contributed by atoms with Gasteiger partial charge in [0.05, 0.1) is 27.4 Å². The topological polar surface area (TPSA) is 60.0 Å². The lowest BCUT2D eigenvalue weighted by Crippen LogP contribution is -2.47. The zero-order chi connectivity index (χ0) is 22.0. The second-order valence-corrected chi connectivity index (χ2v) is 8.49. The highest BCUT2D eigenvalue weighted by Gasteiger charge is 2.36. The number of benzene rings is 2. The number of carbonyl (C=O) groups is 1. The standard InChI is InChI=1S/C25H32N2O4/c1-16(26-25(28)18-7-8-18)24-21-14-23(31-4)22(30-3)13-19(21)11-12-27(24)15-17-5-9-20(29-2)10-6-17/h5-6,9-10,13-14,16,18,24H,7-8,11-12,15H2,1-4H3,(H,26,28)/t16-,24-/m1/s1. The van der Waals surface area contributed by atoms with E-state index < -0.39 is 0 Å². The first kappa shape index (κ1) is 21.5. The highest BCUT2D eigenvalue weighted by molar-refractivity contribution is 5.81. The lowest BCUT2D eigenvalue weighted by atomic mass is 9.87. The molecule has 1 heterocycles. The molecule has 166 valence electrons. The van der Waals surface area contributed by atoms with E-state index >= 15 is 0 Å². The van der Waals surface area contributed by atoms with Crippen molar-refractivity contribution >= 4 is 5.91 Å². The summed E-state index contributed by atoms with van der Waals surface area (Å²) in [5.41, 5.74) is 3.66. The van der Waals surface area contributed by atoms with E-state index in [1.54, 1.807) is 21.3 Å². The van der Waals surface area contributed by atoms with Crippen LogP contribution < -0.4 is 19.5 Å². The van der Waals surface area contributed by atoms with Crippen LogP contribution >= 0.6 is 0 Å². The molecule has 1 saturated carbocycles. The second kappa shape index (κ2) is 9.18. The van der Waals surface area contributed by atoms with E-state index in [1.165, 1.54) is 16.7 Å². The molecule has 0 bridgehead atoms. The van der Waals surface area contributed by atoms with Gasteiger partial charge < -0.3 is 19.5 Å². The van der Waals surface area contributed by atoms with Gasteiger partial charge in [0, 0.05) is 25.0 Å². The summed E-state index contributed by atoms with van der Waals surface area (Å²) in [7, 11) is 5.01. The molecular weight excluding hydrogens is 392 g/mol. The molecule has 1 aliphatic carbocycles. The Labute approximate surface area is 184 Å². The van der Waals surface area contributed by atoms with Crippen molar-refractivity contribution < 1.29 is 19.0 Å². The maximum atomic E-state index is 12.5. The van der Waals surface area contributed by atoms with Gasteiger partial charge >= 0.3 is 0 Å². The molecule has 4 rings (SSSR count). The molecule has 6 heteroatoms. The van der Waals surface area contributed by atoms with Gasteiger partial charge in [-0.1, -0.05) is 12.1 Å². The van der Waals surface area contributed by atoms with Crippen LogP contribution in [0.1, 0.15) is 42.5 Å². The summed E-state index contributed by atoms with van der Waals surface area (Å²) < 4.78 is 16.4. The number of nitrogens with zero attached hydrogens (tertiary/aromatic N) is 1. The predicted octanol–water partition coefficient (Wildman–Crippen LogP) is 3.73. The number of carbonyl (C=O) groups excluding carboxylic acids is 1. The Morgan fingerprint density at radius 2 is 1.74 bits per heavy atom. The first-order valence-corrected chi connectivity index (χ1v) is 11.0. The van der Waals surface area contributed by atoms with Gasteiger partial charge in [0.2, 0.25) is 5.91 Å². The molecule has 2 aromatic rings. The van der Waals surface area contributed by atoms with Crippen molar-refractivity contribution in [2.75, 3.05) is 27.9 Å². The first-order valence-electron chi connectivity index (χ1n) is 11.0. The van der Waals surface area contributed by atoms with Crippen molar-refractivity contribution in [3.8, 4) is 17.2 Å². The lowest BCUT2D eigenvalue weighted by Gasteiger charge is -2.41. The molecule has 0 saturated heterocycles. The third-order valence-corrected chi connectivity index (χ3v) is 6.36. The maximum absolute atomic E-state index is 12.5. The van der Waals surface area contributed by atoms with Crippen molar-refractivity contribution in [1.82, 2.24) is 10.2 Å². The summed E-state index contributed by atoms with van der Waals surface area (Å²) in [6, 6.07) is 12.4. The molecule has 6 nitrogen and oxygen atoms in total. The summed E-state index contributed by atoms with van der Waals surface area (Å²) in [6.45, 7) is 3.81. The summed E-state index contributed by atoms with van der Waals surface area (Å²) >= 11 is 0. The molecule has 1 amide bonds. The number of fused-ring (bicyclic) bond motifs is 1. The Bertz CT molecular complexity index is 924. The van der Waals surface area contributed by atoms with Crippen LogP contribution in [0.25, 0.3) is 0 Å². The molecule has 0 radical (unpaired) electrons. The number of hydrogen-bond donors (Lipinski definition) is 1. The van der Waals surface area contributed by atoms with Crippen LogP contribution in [0, 0.1) is 5.92 Å². The van der Waals surface area contributed by atoms with Crippen molar-refractivity contribution in [3.63, 3.8) is 0 Å². The first-order chi connectivity index (χ1) is 15.0. The molecule has 1 N–H and O–H groups in total. The van der Waals surface area contributed by atoms with Crippen LogP contribution in [0.15, 0.2) is 36.4 Å². The molecule has 31 heavy (non-hydrogen) atoms. The van der Waals surface area contributed by atoms with Crippen LogP contribution in [0.4, 0.5) is 0 Å². The molecule has 0 aromatic heterocycles. The van der Waals surface area contributed by atoms with Gasteiger partial charge in [-0.15, -0.1) is 0 Å². The van der Waals surface area contributed by atoms with Gasteiger partial charge in [-0.05, 0) is 67.1 Å². The summed E-state index contributed by atoms with van der Waals surface area (Å²) in [6.07, 6.45) is 2.92. The summed E-state index contributed by atoms with van der Waals surface area (Å²) in [5, 5.41) is 3.28. The zero-order valence-corrected chi connectivity index (χ0v) is 18.8. The van der Waals surface area contributed by atoms with Crippen molar-refractivity contribution in [2.24, 2.45) is 5.92 Å². The molecular formula is C25H32N2O4. The van der Waals surface area contributed by atoms with Crippen LogP contribution in [0.2, 0.25) is 0 Å². The minimum Gasteiger partial charge on any atom is -0.497 e. The fraction of sp³-hybridized carbons (Fsp3) is 0.480. The van der Waals surface area contributed by atoms with E-state index in [2.05, 4.69) is 41.4 Å². The molecule has 2 atom stereocenters. The van der Waals surface area contributed by atoms with E-state index in [9.17, 15) is 4.79 Å². The highest BCUT2D eigenvalue weighted by Crippen LogP contribution is 2.40. The number of nitrogens with one attached hydrogen (secondary N) is 1. The molecule has 0 unspecified atom stereocenters. The van der Waals surface area contributed by atoms with Crippen LogP contribution in [-0.4, -0.2) is 44.7 Å². The SMILES string of the molecule is COc1ccc(CN2CCc3cc(OC)c(OC)cc3[C@H]2[C@@H](C)NC(=O)C2CC2)cc1. The highest BCUT2D eigenvalue weighted by atomic mass is 16.5. The molecule has 1 aliphatic heterocycles. The molecule has 2 aliphatic rings. The van der Waals surface area contributed by atoms with Crippen molar-refractivity contribution in [1.29, 1.82) is 0 Å². The van der Waals surface area contributed by atoms with Gasteiger partial charge in [-0.25, -0.2) is 0 Å². The fourth-order valence-electron chi connectivity index (χ4n) is 4.52. The van der Waals surface area contributed by atoms with E-state index in [0.717, 1.165) is 49.6 Å². The smallest absolute Gasteiger partial charge is 0.223 e. The van der Waals surface area contributed by atoms with Gasteiger partial charge in [0.15, 0.2) is 11.5 Å². The number of amides is 1. The number of rotatable bonds is 8. The molecule has 0 spiro atoms. The lowest BCUT2D eigenvalue weighted by molar-refractivity contribution is -0.123. The fourth-order valence-corrected chi connectivity index (χ4v) is 4.52. The van der Waals surface area contributed by atoms with Gasteiger partial charge in [-0.3, -0.25) is 9.69 Å². The van der Waals surface area contributed by atoms with Gasteiger partial charge in [0.1, 0.15) is 5.75 Å². The van der Waals surface area contributed by atoms with Crippen LogP contribution in [0.5, 0.6) is 17.2 Å². The number of hydrogen-bond acceptors (Lipinski definition) is 5. The Balaban J connectivity index is 1.65. The Morgan fingerprint density at radius 3 is 2.35 bits per heavy atom. The third-order valence-electron chi connectivity index (χ3n) is 6.36. The van der Waals surface area contributed by atoms with E-state index in [4.69, 9.17) is 14.2 Å². The Hall–Kier alpha value is -2.73. The predicted molar refractivity (Wildman–Crippen MR) is 120 cm³/mol. The Kier molecular flexibility index (Phi) is 6.37. The number of ether oxygens (including phenoxy) is 3. The maximum Gasteiger partial charge on any atom is 0.223 e.